The number of nitrogens with zero attached hydrogens (tertiary/aromatic N) is 4. The predicted molar refractivity (Wildman–Crippen MR) is 162 cm³/mol. The van der Waals surface area contributed by atoms with Gasteiger partial charge < -0.3 is 16.0 Å². The van der Waals surface area contributed by atoms with Crippen molar-refractivity contribution in [3.8, 4) is 0 Å². The minimum atomic E-state index is -0.636. The number of amides is 2. The normalized spacial score (nSPS) is 23.6. The van der Waals surface area contributed by atoms with E-state index in [1.807, 2.05) is 35.2 Å². The van der Waals surface area contributed by atoms with Crippen LogP contribution in [0.4, 0.5) is 0 Å². The third-order valence-electron chi connectivity index (χ3n) is 7.94. The fraction of sp³-hybridized carbons (Fsp3) is 0.484. The summed E-state index contributed by atoms with van der Waals surface area (Å²) in [5, 5.41) is 9.55. The maximum atomic E-state index is 14.4. The van der Waals surface area contributed by atoms with E-state index < -0.39 is 5.66 Å². The molecule has 2 aromatic carbocycles. The molecule has 1 aliphatic carbocycles. The van der Waals surface area contributed by atoms with Crippen LogP contribution in [0.5, 0.6) is 0 Å². The Kier molecular flexibility index (Phi) is 9.58. The molecular formula is C31H40ClN7O2. The summed E-state index contributed by atoms with van der Waals surface area (Å²) in [7, 11) is 0. The second kappa shape index (κ2) is 12.9. The molecule has 0 aromatic heterocycles. The maximum Gasteiger partial charge on any atom is 0.275 e. The van der Waals surface area contributed by atoms with Gasteiger partial charge in [-0.2, -0.15) is 5.53 Å². The van der Waals surface area contributed by atoms with E-state index in [1.165, 1.54) is 0 Å². The Balaban J connectivity index is 1.72. The van der Waals surface area contributed by atoms with Gasteiger partial charge in [0.2, 0.25) is 0 Å². The zero-order valence-electron chi connectivity index (χ0n) is 24.2. The van der Waals surface area contributed by atoms with E-state index in [1.54, 1.807) is 18.2 Å². The van der Waals surface area contributed by atoms with Gasteiger partial charge in [0.05, 0.1) is 12.6 Å². The lowest BCUT2D eigenvalue weighted by Gasteiger charge is -2.47. The summed E-state index contributed by atoms with van der Waals surface area (Å²) in [4.78, 5) is 34.4. The highest BCUT2D eigenvalue weighted by Gasteiger charge is 2.53. The first-order valence-corrected chi connectivity index (χ1v) is 14.7. The number of halogens is 1. The average molecular weight is 578 g/mol. The lowest BCUT2D eigenvalue weighted by Crippen LogP contribution is -2.52. The second-order valence-electron chi connectivity index (χ2n) is 12.0. The number of carbonyl (C=O) groups excluding carboxylic acids is 2. The highest BCUT2D eigenvalue weighted by molar-refractivity contribution is 6.47. The lowest BCUT2D eigenvalue weighted by molar-refractivity contribution is -0.134. The van der Waals surface area contributed by atoms with Crippen LogP contribution in [-0.4, -0.2) is 40.5 Å². The van der Waals surface area contributed by atoms with Crippen molar-refractivity contribution in [3.05, 3.63) is 70.2 Å². The zero-order valence-corrected chi connectivity index (χ0v) is 25.0. The molecule has 2 amide bonds. The Hall–Kier alpha value is -3.59. The smallest absolute Gasteiger partial charge is 0.275 e. The van der Waals surface area contributed by atoms with E-state index in [9.17, 15) is 9.59 Å². The summed E-state index contributed by atoms with van der Waals surface area (Å²) in [6, 6.07) is 14.6. The minimum Gasteiger partial charge on any atom is -0.384 e. The molecule has 1 heterocycles. The topological polar surface area (TPSA) is 136 Å². The van der Waals surface area contributed by atoms with Crippen LogP contribution in [0, 0.1) is 23.3 Å². The van der Waals surface area contributed by atoms with Gasteiger partial charge in [-0.25, -0.2) is 0 Å². The SMILES string of the molecule is CC(C)CCC(c1ccc(C(=O)NC/C(N)=N/N=N)cc1)N1C(=O)C(c2cccc(Cl)c2)=NC12CC(C)CC(C)C2. The molecule has 1 saturated carbocycles. The number of benzene rings is 2. The number of aliphatic imine (C=N–C) groups is 1. The monoisotopic (exact) mass is 577 g/mol. The minimum absolute atomic E-state index is 0.00916. The molecule has 2 aromatic rings. The average Bonchev–Trinajstić information content (AvgIpc) is 3.17. The van der Waals surface area contributed by atoms with Crippen LogP contribution in [0.3, 0.4) is 0 Å². The van der Waals surface area contributed by atoms with Crippen LogP contribution in [0.15, 0.2) is 63.8 Å². The third-order valence-corrected chi connectivity index (χ3v) is 8.17. The molecule has 10 heteroatoms. The molecule has 0 bridgehead atoms. The van der Waals surface area contributed by atoms with Crippen LogP contribution in [-0.2, 0) is 4.79 Å². The first-order valence-electron chi connectivity index (χ1n) is 14.3. The number of nitrogens with two attached hydrogens (primary N) is 1. The van der Waals surface area contributed by atoms with Gasteiger partial charge in [0.1, 0.15) is 17.2 Å². The highest BCUT2D eigenvalue weighted by Crippen LogP contribution is 2.48. The van der Waals surface area contributed by atoms with Gasteiger partial charge in [0.15, 0.2) is 0 Å². The van der Waals surface area contributed by atoms with Gasteiger partial charge in [-0.1, -0.05) is 68.8 Å². The zero-order chi connectivity index (χ0) is 29.7. The molecular weight excluding hydrogens is 538 g/mol. The Morgan fingerprint density at radius 1 is 1.17 bits per heavy atom. The first kappa shape index (κ1) is 30.4. The summed E-state index contributed by atoms with van der Waals surface area (Å²) in [5.41, 5.74) is 14.4. The predicted octanol–water partition coefficient (Wildman–Crippen LogP) is 6.33. The third kappa shape index (κ3) is 7.01. The first-order chi connectivity index (χ1) is 19.5. The van der Waals surface area contributed by atoms with Gasteiger partial charge in [0.25, 0.3) is 11.8 Å². The van der Waals surface area contributed by atoms with Gasteiger partial charge in [-0.05, 0) is 79.7 Å². The largest absolute Gasteiger partial charge is 0.384 e. The van der Waals surface area contributed by atoms with E-state index in [4.69, 9.17) is 27.9 Å². The molecule has 2 aliphatic rings. The van der Waals surface area contributed by atoms with Gasteiger partial charge in [-0.3, -0.25) is 14.6 Å². The summed E-state index contributed by atoms with van der Waals surface area (Å²) in [5.74, 6) is 0.964. The van der Waals surface area contributed by atoms with Crippen molar-refractivity contribution in [2.24, 2.45) is 38.8 Å². The number of nitrogens with one attached hydrogen (secondary N) is 2. The van der Waals surface area contributed by atoms with Crippen molar-refractivity contribution < 1.29 is 9.59 Å². The number of amidine groups is 1. The number of hydrogen-bond acceptors (Lipinski definition) is 5. The molecule has 1 spiro atoms. The quantitative estimate of drug-likeness (QED) is 0.132. The Morgan fingerprint density at radius 3 is 2.46 bits per heavy atom. The van der Waals surface area contributed by atoms with Crippen LogP contribution in [0.25, 0.3) is 0 Å². The lowest BCUT2D eigenvalue weighted by atomic mass is 9.75. The molecule has 4 N–H and O–H groups in total. The molecule has 1 fully saturated rings. The van der Waals surface area contributed by atoms with Crippen molar-refractivity contribution in [2.45, 2.75) is 71.5 Å². The van der Waals surface area contributed by atoms with E-state index in [2.05, 4.69) is 43.3 Å². The Morgan fingerprint density at radius 2 is 1.85 bits per heavy atom. The second-order valence-corrected chi connectivity index (χ2v) is 12.4. The number of rotatable bonds is 10. The van der Waals surface area contributed by atoms with Gasteiger partial charge >= 0.3 is 0 Å². The van der Waals surface area contributed by atoms with E-state index >= 15 is 0 Å². The molecule has 0 saturated heterocycles. The molecule has 3 unspecified atom stereocenters. The summed E-state index contributed by atoms with van der Waals surface area (Å²) in [6.45, 7) is 8.87. The van der Waals surface area contributed by atoms with Crippen molar-refractivity contribution in [1.82, 2.24) is 10.2 Å². The summed E-state index contributed by atoms with van der Waals surface area (Å²) >= 11 is 6.33. The van der Waals surface area contributed by atoms with Crippen LogP contribution in [0.1, 0.15) is 87.3 Å². The molecule has 218 valence electrons. The molecule has 41 heavy (non-hydrogen) atoms. The fourth-order valence-corrected chi connectivity index (χ4v) is 6.56. The molecule has 0 radical (unpaired) electrons. The fourth-order valence-electron chi connectivity index (χ4n) is 6.37. The van der Waals surface area contributed by atoms with Gasteiger partial charge in [0, 0.05) is 16.1 Å². The van der Waals surface area contributed by atoms with Crippen molar-refractivity contribution in [2.75, 3.05) is 6.54 Å². The molecule has 3 atom stereocenters. The van der Waals surface area contributed by atoms with Crippen molar-refractivity contribution >= 4 is 35.0 Å². The van der Waals surface area contributed by atoms with Gasteiger partial charge in [-0.15, -0.1) is 5.10 Å². The summed E-state index contributed by atoms with van der Waals surface area (Å²) < 4.78 is 0. The number of hydrogen-bond donors (Lipinski definition) is 3. The van der Waals surface area contributed by atoms with E-state index in [0.717, 1.165) is 43.2 Å². The maximum absolute atomic E-state index is 14.4. The van der Waals surface area contributed by atoms with E-state index in [0.29, 0.717) is 34.1 Å². The van der Waals surface area contributed by atoms with Crippen molar-refractivity contribution in [3.63, 3.8) is 0 Å². The van der Waals surface area contributed by atoms with E-state index in [-0.39, 0.29) is 30.2 Å². The molecule has 9 nitrogen and oxygen atoms in total. The standard InChI is InChI=1S/C31H40ClN7O2/c1-19(2)8-13-26(22-9-11-23(12-10-22)29(40)35-18-27(33)37-38-34)39-30(41)28(24-6-5-7-25(32)15-24)36-31(39)16-20(3)14-21(4)17-31/h5-7,9-12,15,19-21,26H,8,13-14,16-18H2,1-4H3,(H,35,40)(H3,33,34,37). The highest BCUT2D eigenvalue weighted by atomic mass is 35.5. The van der Waals surface area contributed by atoms with Crippen LogP contribution < -0.4 is 11.1 Å². The number of carbonyl (C=O) groups is 2. The summed E-state index contributed by atoms with van der Waals surface area (Å²) in [6.07, 6.45) is 4.43. The van der Waals surface area contributed by atoms with Crippen LogP contribution in [0.2, 0.25) is 5.02 Å². The van der Waals surface area contributed by atoms with Crippen LogP contribution >= 0.6 is 11.6 Å². The Bertz CT molecular complexity index is 1330. The van der Waals surface area contributed by atoms with Crippen molar-refractivity contribution in [1.29, 1.82) is 5.53 Å². The molecule has 1 aliphatic heterocycles. The molecule has 4 rings (SSSR count). The Labute approximate surface area is 247 Å².